The van der Waals surface area contributed by atoms with Crippen LogP contribution in [0.5, 0.6) is 5.75 Å². The number of rotatable bonds is 8. The fourth-order valence-electron chi connectivity index (χ4n) is 3.50. The van der Waals surface area contributed by atoms with Crippen molar-refractivity contribution >= 4 is 11.8 Å². The molecule has 7 heteroatoms. The zero-order valence-corrected chi connectivity index (χ0v) is 16.0. The Kier molecular flexibility index (Phi) is 7.06. The van der Waals surface area contributed by atoms with E-state index >= 15 is 0 Å². The molecule has 1 aromatic carbocycles. The van der Waals surface area contributed by atoms with Crippen LogP contribution in [0, 0.1) is 5.92 Å². The Morgan fingerprint density at radius 2 is 2.11 bits per heavy atom. The summed E-state index contributed by atoms with van der Waals surface area (Å²) in [6.07, 6.45) is 0.300. The van der Waals surface area contributed by atoms with Gasteiger partial charge in [-0.15, -0.1) is 0 Å². The molecule has 2 heterocycles. The van der Waals surface area contributed by atoms with Crippen molar-refractivity contribution in [1.82, 2.24) is 15.1 Å². The molecule has 0 unspecified atom stereocenters. The Balaban J connectivity index is 1.43. The van der Waals surface area contributed by atoms with Gasteiger partial charge < -0.3 is 19.7 Å². The van der Waals surface area contributed by atoms with Gasteiger partial charge in [0.15, 0.2) is 0 Å². The predicted octanol–water partition coefficient (Wildman–Crippen LogP) is 0.882. The summed E-state index contributed by atoms with van der Waals surface area (Å²) in [5, 5.41) is 2.96. The van der Waals surface area contributed by atoms with Crippen molar-refractivity contribution in [2.24, 2.45) is 5.92 Å². The highest BCUT2D eigenvalue weighted by molar-refractivity contribution is 5.89. The molecule has 0 saturated carbocycles. The van der Waals surface area contributed by atoms with Gasteiger partial charge in [0, 0.05) is 45.7 Å². The first-order valence-electron chi connectivity index (χ1n) is 9.73. The maximum Gasteiger partial charge on any atom is 0.225 e. The summed E-state index contributed by atoms with van der Waals surface area (Å²) in [6, 6.07) is 7.70. The maximum atomic E-state index is 12.5. The molecule has 2 aliphatic rings. The molecule has 2 fully saturated rings. The van der Waals surface area contributed by atoms with Gasteiger partial charge >= 0.3 is 0 Å². The third-order valence-electron chi connectivity index (χ3n) is 5.05. The zero-order valence-electron chi connectivity index (χ0n) is 16.0. The molecule has 3 rings (SSSR count). The lowest BCUT2D eigenvalue weighted by Gasteiger charge is -2.28. The summed E-state index contributed by atoms with van der Waals surface area (Å²) < 4.78 is 10.8. The van der Waals surface area contributed by atoms with Crippen molar-refractivity contribution in [3.8, 4) is 5.75 Å². The van der Waals surface area contributed by atoms with Gasteiger partial charge in [0.2, 0.25) is 11.8 Å². The number of benzene rings is 1. The second kappa shape index (κ2) is 9.71. The van der Waals surface area contributed by atoms with Crippen LogP contribution in [0.15, 0.2) is 24.3 Å². The molecule has 148 valence electrons. The van der Waals surface area contributed by atoms with Gasteiger partial charge in [0.25, 0.3) is 0 Å². The smallest absolute Gasteiger partial charge is 0.225 e. The van der Waals surface area contributed by atoms with E-state index in [0.717, 1.165) is 44.2 Å². The van der Waals surface area contributed by atoms with Crippen molar-refractivity contribution in [1.29, 1.82) is 0 Å². The normalized spacial score (nSPS) is 20.7. The van der Waals surface area contributed by atoms with Crippen LogP contribution in [0.1, 0.15) is 18.9 Å². The summed E-state index contributed by atoms with van der Waals surface area (Å²) in [5.41, 5.74) is 0.989. The fourth-order valence-corrected chi connectivity index (χ4v) is 3.50. The predicted molar refractivity (Wildman–Crippen MR) is 101 cm³/mol. The molecule has 0 aromatic heterocycles. The lowest BCUT2D eigenvalue weighted by atomic mass is 10.1. The molecule has 7 nitrogen and oxygen atoms in total. The minimum absolute atomic E-state index is 0.0564. The molecule has 2 amide bonds. The SMILES string of the molecule is CCOc1cccc(CNC(=O)[C@@H]2CC(=O)N(CCN3CCOCC3)C2)c1. The van der Waals surface area contributed by atoms with E-state index in [1.54, 1.807) is 0 Å². The number of morpholine rings is 1. The monoisotopic (exact) mass is 375 g/mol. The van der Waals surface area contributed by atoms with Crippen LogP contribution in [-0.4, -0.2) is 74.2 Å². The average molecular weight is 375 g/mol. The van der Waals surface area contributed by atoms with Crippen LogP contribution in [0.4, 0.5) is 0 Å². The lowest BCUT2D eigenvalue weighted by molar-refractivity contribution is -0.129. The van der Waals surface area contributed by atoms with Crippen molar-refractivity contribution in [2.45, 2.75) is 19.9 Å². The number of amides is 2. The van der Waals surface area contributed by atoms with Crippen LogP contribution in [-0.2, 0) is 20.9 Å². The van der Waals surface area contributed by atoms with Crippen molar-refractivity contribution in [3.05, 3.63) is 29.8 Å². The number of nitrogens with zero attached hydrogens (tertiary/aromatic N) is 2. The zero-order chi connectivity index (χ0) is 19.1. The van der Waals surface area contributed by atoms with Gasteiger partial charge in [-0.25, -0.2) is 0 Å². The highest BCUT2D eigenvalue weighted by atomic mass is 16.5. The lowest BCUT2D eigenvalue weighted by Crippen LogP contribution is -2.42. The number of hydrogen-bond donors (Lipinski definition) is 1. The van der Waals surface area contributed by atoms with E-state index in [1.165, 1.54) is 0 Å². The minimum Gasteiger partial charge on any atom is -0.494 e. The molecule has 0 aliphatic carbocycles. The van der Waals surface area contributed by atoms with E-state index in [-0.39, 0.29) is 17.7 Å². The molecule has 2 aliphatic heterocycles. The van der Waals surface area contributed by atoms with Gasteiger partial charge in [-0.05, 0) is 24.6 Å². The van der Waals surface area contributed by atoms with Gasteiger partial charge in [0.05, 0.1) is 25.7 Å². The van der Waals surface area contributed by atoms with E-state index < -0.39 is 0 Å². The quantitative estimate of drug-likeness (QED) is 0.731. The van der Waals surface area contributed by atoms with Crippen molar-refractivity contribution in [3.63, 3.8) is 0 Å². The molecule has 2 saturated heterocycles. The number of nitrogens with one attached hydrogen (secondary N) is 1. The van der Waals surface area contributed by atoms with E-state index in [0.29, 0.717) is 32.7 Å². The molecule has 27 heavy (non-hydrogen) atoms. The third-order valence-corrected chi connectivity index (χ3v) is 5.05. The van der Waals surface area contributed by atoms with Crippen LogP contribution in [0.2, 0.25) is 0 Å². The number of likely N-dealkylation sites (tertiary alicyclic amines) is 1. The van der Waals surface area contributed by atoms with Gasteiger partial charge in [-0.1, -0.05) is 12.1 Å². The van der Waals surface area contributed by atoms with Gasteiger partial charge in [-0.2, -0.15) is 0 Å². The van der Waals surface area contributed by atoms with Crippen LogP contribution in [0.3, 0.4) is 0 Å². The average Bonchev–Trinajstić information content (AvgIpc) is 3.07. The van der Waals surface area contributed by atoms with E-state index in [1.807, 2.05) is 36.1 Å². The summed E-state index contributed by atoms with van der Waals surface area (Å²) in [7, 11) is 0. The van der Waals surface area contributed by atoms with Crippen LogP contribution in [0.25, 0.3) is 0 Å². The second-order valence-corrected chi connectivity index (χ2v) is 6.99. The Hall–Kier alpha value is -2.12. The summed E-state index contributed by atoms with van der Waals surface area (Å²) >= 11 is 0. The van der Waals surface area contributed by atoms with E-state index in [2.05, 4.69) is 10.2 Å². The van der Waals surface area contributed by atoms with E-state index in [9.17, 15) is 9.59 Å². The number of carbonyl (C=O) groups excluding carboxylic acids is 2. The fraction of sp³-hybridized carbons (Fsp3) is 0.600. The summed E-state index contributed by atoms with van der Waals surface area (Å²) in [5.74, 6) is 0.549. The van der Waals surface area contributed by atoms with Crippen molar-refractivity contribution < 1.29 is 19.1 Å². The van der Waals surface area contributed by atoms with Crippen molar-refractivity contribution in [2.75, 3.05) is 52.5 Å². The molecule has 0 bridgehead atoms. The molecule has 1 aromatic rings. The molecule has 0 radical (unpaired) electrons. The Labute approximate surface area is 160 Å². The first-order chi connectivity index (χ1) is 13.2. The van der Waals surface area contributed by atoms with Gasteiger partial charge in [0.1, 0.15) is 5.75 Å². The molecular formula is C20H29N3O4. The summed E-state index contributed by atoms with van der Waals surface area (Å²) in [4.78, 5) is 28.8. The second-order valence-electron chi connectivity index (χ2n) is 6.99. The van der Waals surface area contributed by atoms with Gasteiger partial charge in [-0.3, -0.25) is 14.5 Å². The van der Waals surface area contributed by atoms with Crippen LogP contribution < -0.4 is 10.1 Å². The van der Waals surface area contributed by atoms with Crippen LogP contribution >= 0.6 is 0 Å². The molecular weight excluding hydrogens is 346 g/mol. The number of carbonyl (C=O) groups is 2. The molecule has 1 atom stereocenters. The largest absolute Gasteiger partial charge is 0.494 e. The van der Waals surface area contributed by atoms with E-state index in [4.69, 9.17) is 9.47 Å². The molecule has 1 N–H and O–H groups in total. The third kappa shape index (κ3) is 5.68. The first kappa shape index (κ1) is 19.6. The number of hydrogen-bond acceptors (Lipinski definition) is 5. The Morgan fingerprint density at radius 1 is 1.30 bits per heavy atom. The molecule has 0 spiro atoms. The minimum atomic E-state index is -0.266. The highest BCUT2D eigenvalue weighted by Crippen LogP contribution is 2.19. The Bertz CT molecular complexity index is 646. The highest BCUT2D eigenvalue weighted by Gasteiger charge is 2.34. The maximum absolute atomic E-state index is 12.5. The number of ether oxygens (including phenoxy) is 2. The standard InChI is InChI=1S/C20H29N3O4/c1-2-27-18-5-3-4-16(12-18)14-21-20(25)17-13-19(24)23(15-17)7-6-22-8-10-26-11-9-22/h3-5,12,17H,2,6-11,13-15H2,1H3,(H,21,25)/t17-/m1/s1. The Morgan fingerprint density at radius 3 is 2.89 bits per heavy atom. The first-order valence-corrected chi connectivity index (χ1v) is 9.73. The summed E-state index contributed by atoms with van der Waals surface area (Å²) in [6.45, 7) is 8.35. The topological polar surface area (TPSA) is 71.1 Å².